The van der Waals surface area contributed by atoms with Gasteiger partial charge in [-0.25, -0.2) is 0 Å². The van der Waals surface area contributed by atoms with E-state index >= 15 is 0 Å². The summed E-state index contributed by atoms with van der Waals surface area (Å²) in [5.74, 6) is 0.353. The summed E-state index contributed by atoms with van der Waals surface area (Å²) in [5, 5.41) is 12.0. The zero-order chi connectivity index (χ0) is 11.5. The van der Waals surface area contributed by atoms with Crippen molar-refractivity contribution in [3.05, 3.63) is 23.8 Å². The second-order valence-electron chi connectivity index (χ2n) is 3.44. The average molecular weight is 223 g/mol. The smallest absolute Gasteiger partial charge is 0.325 e. The Morgan fingerprint density at radius 2 is 2.25 bits per heavy atom. The Bertz CT molecular complexity index is 405. The van der Waals surface area contributed by atoms with Gasteiger partial charge >= 0.3 is 5.97 Å². The Morgan fingerprint density at radius 1 is 1.50 bits per heavy atom. The first kappa shape index (κ1) is 10.8. The number of carbonyl (C=O) groups is 1. The summed E-state index contributed by atoms with van der Waals surface area (Å²) in [6.07, 6.45) is 0. The molecule has 0 aliphatic carbocycles. The summed E-state index contributed by atoms with van der Waals surface area (Å²) in [6.45, 7) is 2.64. The molecule has 1 aromatic rings. The van der Waals surface area contributed by atoms with E-state index in [1.54, 1.807) is 18.2 Å². The van der Waals surface area contributed by atoms with E-state index in [2.05, 4.69) is 5.32 Å². The highest BCUT2D eigenvalue weighted by Gasteiger charge is 2.21. The van der Waals surface area contributed by atoms with Crippen LogP contribution >= 0.6 is 0 Å². The fourth-order valence-corrected chi connectivity index (χ4v) is 1.64. The SMILES string of the molecule is CCNC(C(=O)O)c1ccc2c(c1)OCO2. The molecule has 1 heterocycles. The number of fused-ring (bicyclic) bond motifs is 1. The second-order valence-corrected chi connectivity index (χ2v) is 3.44. The quantitative estimate of drug-likeness (QED) is 0.801. The summed E-state index contributed by atoms with van der Waals surface area (Å²) in [4.78, 5) is 11.1. The van der Waals surface area contributed by atoms with Crippen molar-refractivity contribution >= 4 is 5.97 Å². The minimum atomic E-state index is -0.902. The molecule has 0 aromatic heterocycles. The standard InChI is InChI=1S/C11H13NO4/c1-2-12-10(11(13)14)7-3-4-8-9(5-7)16-6-15-8/h3-5,10,12H,2,6H2,1H3,(H,13,14). The molecule has 0 bridgehead atoms. The Kier molecular flexibility index (Phi) is 2.96. The molecule has 1 aliphatic heterocycles. The molecule has 0 saturated heterocycles. The van der Waals surface area contributed by atoms with Crippen molar-refractivity contribution < 1.29 is 19.4 Å². The number of carboxylic acid groups (broad SMARTS) is 1. The molecule has 0 spiro atoms. The van der Waals surface area contributed by atoms with Crippen LogP contribution in [0.2, 0.25) is 0 Å². The molecule has 1 unspecified atom stereocenters. The van der Waals surface area contributed by atoms with Crippen LogP contribution in [0.1, 0.15) is 18.5 Å². The first-order valence-electron chi connectivity index (χ1n) is 5.08. The van der Waals surface area contributed by atoms with Crippen molar-refractivity contribution in [3.8, 4) is 11.5 Å². The Balaban J connectivity index is 2.28. The molecule has 5 heteroatoms. The Hall–Kier alpha value is -1.75. The van der Waals surface area contributed by atoms with Gasteiger partial charge in [-0.05, 0) is 24.2 Å². The highest BCUT2D eigenvalue weighted by atomic mass is 16.7. The van der Waals surface area contributed by atoms with E-state index < -0.39 is 12.0 Å². The Morgan fingerprint density at radius 3 is 2.94 bits per heavy atom. The maximum absolute atomic E-state index is 11.1. The molecule has 1 aromatic carbocycles. The lowest BCUT2D eigenvalue weighted by molar-refractivity contribution is -0.139. The van der Waals surface area contributed by atoms with E-state index in [4.69, 9.17) is 14.6 Å². The van der Waals surface area contributed by atoms with E-state index in [0.717, 1.165) is 0 Å². The minimum absolute atomic E-state index is 0.192. The van der Waals surface area contributed by atoms with Crippen LogP contribution in [0.5, 0.6) is 11.5 Å². The summed E-state index contributed by atoms with van der Waals surface area (Å²) in [6, 6.07) is 4.45. The molecule has 0 amide bonds. The zero-order valence-electron chi connectivity index (χ0n) is 8.90. The van der Waals surface area contributed by atoms with Gasteiger partial charge in [-0.2, -0.15) is 0 Å². The van der Waals surface area contributed by atoms with Gasteiger partial charge in [-0.3, -0.25) is 4.79 Å². The Labute approximate surface area is 93.0 Å². The highest BCUT2D eigenvalue weighted by molar-refractivity contribution is 5.76. The number of aliphatic carboxylic acids is 1. The van der Waals surface area contributed by atoms with Gasteiger partial charge in [-0.15, -0.1) is 0 Å². The van der Waals surface area contributed by atoms with Gasteiger partial charge in [0.1, 0.15) is 6.04 Å². The van der Waals surface area contributed by atoms with Crippen LogP contribution in [-0.2, 0) is 4.79 Å². The van der Waals surface area contributed by atoms with Crippen molar-refractivity contribution in [2.24, 2.45) is 0 Å². The first-order valence-corrected chi connectivity index (χ1v) is 5.08. The maximum Gasteiger partial charge on any atom is 0.325 e. The number of hydrogen-bond acceptors (Lipinski definition) is 4. The van der Waals surface area contributed by atoms with Gasteiger partial charge < -0.3 is 19.9 Å². The van der Waals surface area contributed by atoms with Crippen LogP contribution in [0.3, 0.4) is 0 Å². The molecule has 1 aliphatic rings. The zero-order valence-corrected chi connectivity index (χ0v) is 8.90. The van der Waals surface area contributed by atoms with E-state index in [1.807, 2.05) is 6.92 Å². The van der Waals surface area contributed by atoms with Crippen molar-refractivity contribution in [2.45, 2.75) is 13.0 Å². The number of carboxylic acids is 1. The number of benzene rings is 1. The second kappa shape index (κ2) is 4.40. The van der Waals surface area contributed by atoms with Gasteiger partial charge in [0.15, 0.2) is 11.5 Å². The molecular weight excluding hydrogens is 210 g/mol. The summed E-state index contributed by atoms with van der Waals surface area (Å²) >= 11 is 0. The lowest BCUT2D eigenvalue weighted by Gasteiger charge is -2.13. The van der Waals surface area contributed by atoms with E-state index in [9.17, 15) is 4.79 Å². The lowest BCUT2D eigenvalue weighted by Crippen LogP contribution is -2.28. The van der Waals surface area contributed by atoms with Crippen molar-refractivity contribution in [1.29, 1.82) is 0 Å². The van der Waals surface area contributed by atoms with Crippen molar-refractivity contribution in [2.75, 3.05) is 13.3 Å². The summed E-state index contributed by atoms with van der Waals surface area (Å²) in [7, 11) is 0. The molecule has 2 N–H and O–H groups in total. The van der Waals surface area contributed by atoms with Gasteiger partial charge in [-0.1, -0.05) is 13.0 Å². The number of ether oxygens (including phenoxy) is 2. The van der Waals surface area contributed by atoms with Crippen LogP contribution in [0.25, 0.3) is 0 Å². The monoisotopic (exact) mass is 223 g/mol. The molecular formula is C11H13NO4. The van der Waals surface area contributed by atoms with Crippen molar-refractivity contribution in [1.82, 2.24) is 5.32 Å². The van der Waals surface area contributed by atoms with E-state index in [0.29, 0.717) is 23.6 Å². The van der Waals surface area contributed by atoms with Crippen LogP contribution in [-0.4, -0.2) is 24.4 Å². The molecule has 16 heavy (non-hydrogen) atoms. The third-order valence-electron chi connectivity index (χ3n) is 2.39. The number of rotatable bonds is 4. The minimum Gasteiger partial charge on any atom is -0.480 e. The fraction of sp³-hybridized carbons (Fsp3) is 0.364. The summed E-state index contributed by atoms with van der Waals surface area (Å²) in [5.41, 5.74) is 0.665. The number of hydrogen-bond donors (Lipinski definition) is 2. The normalized spacial score (nSPS) is 14.8. The van der Waals surface area contributed by atoms with Crippen molar-refractivity contribution in [3.63, 3.8) is 0 Å². The van der Waals surface area contributed by atoms with Gasteiger partial charge in [0.05, 0.1) is 0 Å². The maximum atomic E-state index is 11.1. The molecule has 0 radical (unpaired) electrons. The molecule has 86 valence electrons. The third kappa shape index (κ3) is 1.94. The van der Waals surface area contributed by atoms with Crippen LogP contribution in [0.4, 0.5) is 0 Å². The van der Waals surface area contributed by atoms with Crippen LogP contribution in [0.15, 0.2) is 18.2 Å². The van der Waals surface area contributed by atoms with Gasteiger partial charge in [0, 0.05) is 0 Å². The lowest BCUT2D eigenvalue weighted by atomic mass is 10.1. The van der Waals surface area contributed by atoms with Gasteiger partial charge in [0.2, 0.25) is 6.79 Å². The predicted octanol–water partition coefficient (Wildman–Crippen LogP) is 1.15. The van der Waals surface area contributed by atoms with E-state index in [1.165, 1.54) is 0 Å². The predicted molar refractivity (Wildman–Crippen MR) is 56.6 cm³/mol. The largest absolute Gasteiger partial charge is 0.480 e. The van der Waals surface area contributed by atoms with Crippen LogP contribution < -0.4 is 14.8 Å². The summed E-state index contributed by atoms with van der Waals surface area (Å²) < 4.78 is 10.4. The molecule has 1 atom stereocenters. The van der Waals surface area contributed by atoms with Gasteiger partial charge in [0.25, 0.3) is 0 Å². The average Bonchev–Trinajstić information content (AvgIpc) is 2.72. The first-order chi connectivity index (χ1) is 7.72. The molecule has 0 fully saturated rings. The molecule has 2 rings (SSSR count). The highest BCUT2D eigenvalue weighted by Crippen LogP contribution is 2.34. The third-order valence-corrected chi connectivity index (χ3v) is 2.39. The topological polar surface area (TPSA) is 67.8 Å². The van der Waals surface area contributed by atoms with E-state index in [-0.39, 0.29) is 6.79 Å². The van der Waals surface area contributed by atoms with Crippen LogP contribution in [0, 0.1) is 0 Å². The number of nitrogens with one attached hydrogen (secondary N) is 1. The molecule has 5 nitrogen and oxygen atoms in total. The number of likely N-dealkylation sites (N-methyl/N-ethyl adjacent to an activating group) is 1. The molecule has 0 saturated carbocycles. The fourth-order valence-electron chi connectivity index (χ4n) is 1.64.